The third kappa shape index (κ3) is 1.81. The number of carbonyl (C=O) groups is 1. The van der Waals surface area contributed by atoms with E-state index in [2.05, 4.69) is 22.6 Å². The quantitative estimate of drug-likeness (QED) is 0.851. The largest absolute Gasteiger partial charge is 0.475 e. The number of aromatic carboxylic acids is 1. The third-order valence-electron chi connectivity index (χ3n) is 2.46. The number of hydrogen-bond acceptors (Lipinski definition) is 2. The van der Waals surface area contributed by atoms with E-state index in [0.29, 0.717) is 5.58 Å². The number of carboxylic acids is 1. The molecular weight excluding hydrogens is 319 g/mol. The van der Waals surface area contributed by atoms with Gasteiger partial charge in [-0.05, 0) is 46.7 Å². The van der Waals surface area contributed by atoms with Gasteiger partial charge in [0.05, 0.1) is 0 Å². The van der Waals surface area contributed by atoms with Gasteiger partial charge in [0.2, 0.25) is 5.76 Å². The first-order chi connectivity index (χ1) is 7.50. The topological polar surface area (TPSA) is 50.4 Å². The molecule has 0 spiro atoms. The molecule has 0 aliphatic rings. The lowest BCUT2D eigenvalue weighted by molar-refractivity contribution is 0.0663. The highest BCUT2D eigenvalue weighted by atomic mass is 127. The fourth-order valence-corrected chi connectivity index (χ4v) is 2.31. The number of carboxylic acid groups (broad SMARTS) is 1. The maximum Gasteiger partial charge on any atom is 0.372 e. The normalized spacial score (nSPS) is 11.2. The first-order valence-corrected chi connectivity index (χ1v) is 6.04. The van der Waals surface area contributed by atoms with Gasteiger partial charge in [0.15, 0.2) is 0 Å². The molecule has 4 heteroatoms. The Kier molecular flexibility index (Phi) is 2.92. The molecule has 84 valence electrons. The van der Waals surface area contributed by atoms with Crippen molar-refractivity contribution in [2.24, 2.45) is 0 Å². The Bertz CT molecular complexity index is 555. The van der Waals surface area contributed by atoms with Crippen molar-refractivity contribution in [3.05, 3.63) is 33.1 Å². The fraction of sp³-hybridized carbons (Fsp3) is 0.250. The van der Waals surface area contributed by atoms with E-state index >= 15 is 0 Å². The maximum absolute atomic E-state index is 11.1. The minimum Gasteiger partial charge on any atom is -0.475 e. The van der Waals surface area contributed by atoms with Gasteiger partial charge in [0.25, 0.3) is 0 Å². The number of fused-ring (bicyclic) bond motifs is 1. The Morgan fingerprint density at radius 3 is 2.69 bits per heavy atom. The molecule has 0 saturated carbocycles. The summed E-state index contributed by atoms with van der Waals surface area (Å²) in [5.41, 5.74) is 1.42. The number of hydrogen-bond donors (Lipinski definition) is 1. The lowest BCUT2D eigenvalue weighted by atomic mass is 9.99. The van der Waals surface area contributed by atoms with Crippen LogP contribution >= 0.6 is 22.6 Å². The van der Waals surface area contributed by atoms with Gasteiger partial charge in [-0.25, -0.2) is 4.79 Å². The van der Waals surface area contributed by atoms with Crippen molar-refractivity contribution in [1.82, 2.24) is 0 Å². The van der Waals surface area contributed by atoms with Crippen LogP contribution in [0.15, 0.2) is 22.6 Å². The minimum atomic E-state index is -1.00. The van der Waals surface area contributed by atoms with Gasteiger partial charge in [0, 0.05) is 14.5 Å². The van der Waals surface area contributed by atoms with Crippen LogP contribution in [0.5, 0.6) is 0 Å². The van der Waals surface area contributed by atoms with Gasteiger partial charge in [-0.3, -0.25) is 0 Å². The van der Waals surface area contributed by atoms with E-state index in [0.717, 1.165) is 14.5 Å². The molecule has 0 aliphatic carbocycles. The van der Waals surface area contributed by atoms with Crippen molar-refractivity contribution in [2.45, 2.75) is 19.8 Å². The molecule has 2 aromatic rings. The van der Waals surface area contributed by atoms with Crippen LogP contribution in [0, 0.1) is 3.57 Å². The number of benzene rings is 1. The van der Waals surface area contributed by atoms with Gasteiger partial charge < -0.3 is 9.52 Å². The van der Waals surface area contributed by atoms with E-state index in [1.807, 2.05) is 32.0 Å². The summed E-state index contributed by atoms with van der Waals surface area (Å²) in [7, 11) is 0. The number of halogens is 1. The molecule has 1 heterocycles. The Labute approximate surface area is 107 Å². The maximum atomic E-state index is 11.1. The molecule has 0 saturated heterocycles. The first-order valence-electron chi connectivity index (χ1n) is 4.96. The average Bonchev–Trinajstić information content (AvgIpc) is 2.55. The summed E-state index contributed by atoms with van der Waals surface area (Å²) in [4.78, 5) is 11.1. The van der Waals surface area contributed by atoms with E-state index in [-0.39, 0.29) is 11.7 Å². The molecule has 1 N–H and O–H groups in total. The summed E-state index contributed by atoms with van der Waals surface area (Å²) >= 11 is 2.21. The zero-order valence-corrected chi connectivity index (χ0v) is 11.1. The van der Waals surface area contributed by atoms with Crippen molar-refractivity contribution >= 4 is 39.5 Å². The second-order valence-electron chi connectivity index (χ2n) is 3.95. The second kappa shape index (κ2) is 4.08. The van der Waals surface area contributed by atoms with Gasteiger partial charge in [-0.15, -0.1) is 0 Å². The van der Waals surface area contributed by atoms with Crippen molar-refractivity contribution in [1.29, 1.82) is 0 Å². The lowest BCUT2D eigenvalue weighted by Crippen LogP contribution is -2.00. The lowest BCUT2D eigenvalue weighted by Gasteiger charge is -2.03. The predicted molar refractivity (Wildman–Crippen MR) is 70.0 cm³/mol. The van der Waals surface area contributed by atoms with E-state index in [4.69, 9.17) is 9.52 Å². The predicted octanol–water partition coefficient (Wildman–Crippen LogP) is 3.86. The van der Waals surface area contributed by atoms with Crippen LogP contribution in [-0.4, -0.2) is 11.1 Å². The van der Waals surface area contributed by atoms with E-state index in [9.17, 15) is 4.79 Å². The van der Waals surface area contributed by atoms with Gasteiger partial charge in [0.1, 0.15) is 5.58 Å². The SMILES string of the molecule is CC(C)c1c(C(=O)O)oc2ccc(I)cc12. The molecule has 0 unspecified atom stereocenters. The molecule has 0 amide bonds. The summed E-state index contributed by atoms with van der Waals surface area (Å²) < 4.78 is 6.45. The van der Waals surface area contributed by atoms with Crippen LogP contribution in [0.25, 0.3) is 11.0 Å². The molecule has 0 fully saturated rings. The smallest absolute Gasteiger partial charge is 0.372 e. The molecule has 1 aromatic heterocycles. The minimum absolute atomic E-state index is 0.0620. The first kappa shape index (κ1) is 11.4. The molecule has 3 nitrogen and oxygen atoms in total. The molecule has 0 radical (unpaired) electrons. The number of furan rings is 1. The summed E-state index contributed by atoms with van der Waals surface area (Å²) in [6.07, 6.45) is 0. The van der Waals surface area contributed by atoms with Gasteiger partial charge in [-0.1, -0.05) is 13.8 Å². The second-order valence-corrected chi connectivity index (χ2v) is 5.19. The zero-order chi connectivity index (χ0) is 11.9. The van der Waals surface area contributed by atoms with Crippen molar-refractivity contribution in [3.63, 3.8) is 0 Å². The summed E-state index contributed by atoms with van der Waals surface area (Å²) in [5, 5.41) is 9.99. The molecular formula is C12H11IO3. The van der Waals surface area contributed by atoms with Crippen LogP contribution in [0.3, 0.4) is 0 Å². The average molecular weight is 330 g/mol. The van der Waals surface area contributed by atoms with E-state index < -0.39 is 5.97 Å². The highest BCUT2D eigenvalue weighted by molar-refractivity contribution is 14.1. The summed E-state index contributed by atoms with van der Waals surface area (Å²) in [6, 6.07) is 5.68. The van der Waals surface area contributed by atoms with Crippen molar-refractivity contribution in [2.75, 3.05) is 0 Å². The summed E-state index contributed by atoms with van der Waals surface area (Å²) in [5.74, 6) is -0.813. The van der Waals surface area contributed by atoms with Crippen LogP contribution in [0.4, 0.5) is 0 Å². The van der Waals surface area contributed by atoms with E-state index in [1.165, 1.54) is 0 Å². The van der Waals surface area contributed by atoms with Crippen LogP contribution < -0.4 is 0 Å². The van der Waals surface area contributed by atoms with Crippen LogP contribution in [-0.2, 0) is 0 Å². The fourth-order valence-electron chi connectivity index (χ4n) is 1.82. The van der Waals surface area contributed by atoms with Gasteiger partial charge >= 0.3 is 5.97 Å². The van der Waals surface area contributed by atoms with Crippen LogP contribution in [0.2, 0.25) is 0 Å². The Hall–Kier alpha value is -1.04. The van der Waals surface area contributed by atoms with Crippen molar-refractivity contribution in [3.8, 4) is 0 Å². The molecule has 0 atom stereocenters. The molecule has 16 heavy (non-hydrogen) atoms. The van der Waals surface area contributed by atoms with Gasteiger partial charge in [-0.2, -0.15) is 0 Å². The van der Waals surface area contributed by atoms with E-state index in [1.54, 1.807) is 0 Å². The standard InChI is InChI=1S/C12H11IO3/c1-6(2)10-8-5-7(13)3-4-9(8)16-11(10)12(14)15/h3-6H,1-2H3,(H,14,15). The van der Waals surface area contributed by atoms with Crippen LogP contribution in [0.1, 0.15) is 35.9 Å². The Morgan fingerprint density at radius 2 is 2.12 bits per heavy atom. The Balaban J connectivity index is 2.82. The summed E-state index contributed by atoms with van der Waals surface area (Å²) in [6.45, 7) is 3.94. The molecule has 1 aromatic carbocycles. The zero-order valence-electron chi connectivity index (χ0n) is 8.95. The highest BCUT2D eigenvalue weighted by Gasteiger charge is 2.21. The monoisotopic (exact) mass is 330 g/mol. The van der Waals surface area contributed by atoms with Crippen molar-refractivity contribution < 1.29 is 14.3 Å². The third-order valence-corrected chi connectivity index (χ3v) is 3.13. The Morgan fingerprint density at radius 1 is 1.44 bits per heavy atom. The number of rotatable bonds is 2. The highest BCUT2D eigenvalue weighted by Crippen LogP contribution is 2.32. The molecule has 0 bridgehead atoms. The molecule has 0 aliphatic heterocycles. The molecule has 2 rings (SSSR count).